The van der Waals surface area contributed by atoms with Crippen LogP contribution in [-0.4, -0.2) is 71.9 Å². The van der Waals surface area contributed by atoms with Crippen molar-refractivity contribution in [2.45, 2.75) is 72.2 Å². The van der Waals surface area contributed by atoms with Crippen LogP contribution in [0.25, 0.3) is 17.0 Å². The van der Waals surface area contributed by atoms with Crippen LogP contribution >= 0.6 is 23.2 Å². The van der Waals surface area contributed by atoms with Gasteiger partial charge in [0, 0.05) is 54.3 Å². The van der Waals surface area contributed by atoms with E-state index >= 15 is 0 Å². The summed E-state index contributed by atoms with van der Waals surface area (Å²) in [5, 5.41) is 4.95. The van der Waals surface area contributed by atoms with E-state index in [1.165, 1.54) is 43.5 Å². The number of fused-ring (bicyclic) bond motifs is 1. The Morgan fingerprint density at radius 1 is 0.959 bits per heavy atom. The molecule has 3 aromatic rings. The quantitative estimate of drug-likeness (QED) is 0.0491. The fourth-order valence-corrected chi connectivity index (χ4v) is 5.38. The number of aromatic nitrogens is 1. The summed E-state index contributed by atoms with van der Waals surface area (Å²) in [6, 6.07) is 16.1. The predicted molar refractivity (Wildman–Crippen MR) is 192 cm³/mol. The molecule has 5 atom stereocenters. The summed E-state index contributed by atoms with van der Waals surface area (Å²) in [5.74, 6) is -3.06. The lowest BCUT2D eigenvalue weighted by molar-refractivity contribution is -0.300. The van der Waals surface area contributed by atoms with E-state index in [9.17, 15) is 19.2 Å². The van der Waals surface area contributed by atoms with Crippen molar-refractivity contribution in [3.05, 3.63) is 77.0 Å². The molecule has 1 saturated heterocycles. The van der Waals surface area contributed by atoms with Gasteiger partial charge in [0.1, 0.15) is 18.8 Å². The summed E-state index contributed by atoms with van der Waals surface area (Å²) in [5.41, 5.74) is 7.92. The van der Waals surface area contributed by atoms with Gasteiger partial charge in [-0.15, -0.1) is 23.2 Å². The Balaban J connectivity index is 0.00000419. The van der Waals surface area contributed by atoms with Crippen LogP contribution in [0.15, 0.2) is 54.6 Å². The van der Waals surface area contributed by atoms with Crippen LogP contribution < -0.4 is 10.8 Å². The molecule has 2 heterocycles. The summed E-state index contributed by atoms with van der Waals surface area (Å²) in [7, 11) is 0. The fourth-order valence-electron chi connectivity index (χ4n) is 5.38. The number of aryl methyl sites for hydroxylation is 1. The third kappa shape index (κ3) is 12.5. The van der Waals surface area contributed by atoms with Crippen molar-refractivity contribution in [3.63, 3.8) is 0 Å². The fraction of sp³-hybridized carbons (Fsp3) is 0.429. The van der Waals surface area contributed by atoms with Crippen molar-refractivity contribution in [1.82, 2.24) is 15.8 Å². The SMILES string of the molecule is CC(=O)OC[C@H]1O[C@@H](ONC(=O)/C=C/c2ccc(CNCCc3c(C)[nH]c4ccccc34)cc2)[C@H](C)[C@@H](OC(C)=O)[C@H]1OC(C)=O.ClCCl.[HH].[HH].[HH]. The summed E-state index contributed by atoms with van der Waals surface area (Å²) < 4.78 is 21.7. The van der Waals surface area contributed by atoms with Crippen molar-refractivity contribution in [2.24, 2.45) is 5.92 Å². The number of esters is 3. The molecule has 0 saturated carbocycles. The zero-order chi connectivity index (χ0) is 35.9. The highest BCUT2D eigenvalue weighted by Crippen LogP contribution is 2.31. The number of benzene rings is 2. The normalized spacial score (nSPS) is 20.3. The highest BCUT2D eigenvalue weighted by Gasteiger charge is 2.49. The molecule has 1 amide bonds. The molecular weight excluding hydrogens is 677 g/mol. The Labute approximate surface area is 300 Å². The average molecular weight is 727 g/mol. The number of hydrogen-bond acceptors (Lipinski definition) is 10. The minimum absolute atomic E-state index is 0. The second kappa shape index (κ2) is 19.9. The Bertz CT molecular complexity index is 1590. The number of carbonyl (C=O) groups is 4. The molecule has 0 bridgehead atoms. The van der Waals surface area contributed by atoms with E-state index in [1.807, 2.05) is 30.3 Å². The van der Waals surface area contributed by atoms with E-state index in [4.69, 9.17) is 47.0 Å². The first-order valence-corrected chi connectivity index (χ1v) is 16.7. The Kier molecular flexibility index (Phi) is 16.0. The van der Waals surface area contributed by atoms with Gasteiger partial charge in [0.2, 0.25) is 0 Å². The molecule has 272 valence electrons. The highest BCUT2D eigenvalue weighted by molar-refractivity contribution is 6.40. The molecule has 2 aromatic carbocycles. The first-order chi connectivity index (χ1) is 23.4. The number of halogens is 2. The largest absolute Gasteiger partial charge is 0.463 e. The number of H-pyrrole nitrogens is 1. The van der Waals surface area contributed by atoms with E-state index in [2.05, 4.69) is 40.9 Å². The van der Waals surface area contributed by atoms with Crippen LogP contribution in [0.2, 0.25) is 0 Å². The zero-order valence-corrected chi connectivity index (χ0v) is 29.6. The lowest BCUT2D eigenvalue weighted by Crippen LogP contribution is -2.59. The minimum atomic E-state index is -1.11. The van der Waals surface area contributed by atoms with Crippen LogP contribution in [0.5, 0.6) is 0 Å². The predicted octanol–water partition coefficient (Wildman–Crippen LogP) is 5.82. The second-order valence-electron chi connectivity index (χ2n) is 11.3. The monoisotopic (exact) mass is 725 g/mol. The molecule has 1 fully saturated rings. The zero-order valence-electron chi connectivity index (χ0n) is 28.1. The van der Waals surface area contributed by atoms with Gasteiger partial charge in [0.25, 0.3) is 5.91 Å². The Morgan fingerprint density at radius 2 is 1.61 bits per heavy atom. The van der Waals surface area contributed by atoms with Crippen molar-refractivity contribution >= 4 is 64.0 Å². The maximum absolute atomic E-state index is 12.6. The van der Waals surface area contributed by atoms with Gasteiger partial charge in [-0.1, -0.05) is 49.4 Å². The number of alkyl halides is 2. The maximum Gasteiger partial charge on any atom is 0.303 e. The van der Waals surface area contributed by atoms with Gasteiger partial charge in [-0.3, -0.25) is 19.2 Å². The Morgan fingerprint density at radius 3 is 2.27 bits per heavy atom. The molecule has 1 aliphatic rings. The molecule has 0 spiro atoms. The number of hydrogen-bond donors (Lipinski definition) is 3. The summed E-state index contributed by atoms with van der Waals surface area (Å²) in [6.07, 6.45) is -0.305. The number of hydroxylamine groups is 1. The van der Waals surface area contributed by atoms with Gasteiger partial charge in [0.15, 0.2) is 12.4 Å². The molecule has 0 unspecified atom stereocenters. The lowest BCUT2D eigenvalue weighted by Gasteiger charge is -2.43. The van der Waals surface area contributed by atoms with E-state index in [-0.39, 0.29) is 16.2 Å². The molecule has 0 aliphatic carbocycles. The first kappa shape index (κ1) is 39.5. The third-order valence-electron chi connectivity index (χ3n) is 7.59. The van der Waals surface area contributed by atoms with Crippen LogP contribution in [0.4, 0.5) is 0 Å². The number of nitrogens with one attached hydrogen (secondary N) is 3. The van der Waals surface area contributed by atoms with E-state index < -0.39 is 54.3 Å². The molecule has 14 heteroatoms. The third-order valence-corrected chi connectivity index (χ3v) is 7.59. The van der Waals surface area contributed by atoms with Gasteiger partial charge in [0.05, 0.1) is 11.3 Å². The van der Waals surface area contributed by atoms with Gasteiger partial charge in [-0.2, -0.15) is 0 Å². The molecular formula is C35H49Cl2N3O9. The smallest absolute Gasteiger partial charge is 0.303 e. The lowest BCUT2D eigenvalue weighted by atomic mass is 9.92. The number of carbonyl (C=O) groups excluding carboxylic acids is 4. The topological polar surface area (TPSA) is 154 Å². The van der Waals surface area contributed by atoms with Crippen molar-refractivity contribution in [1.29, 1.82) is 0 Å². The standard InChI is InChI=1S/C34H41N3O9.CH2Cl2.3H2/c1-20-32(43-23(4)39)33(44-24(5)40)30(19-42-22(3)38)45-34(20)46-37-31(41)15-14-25-10-12-26(13-11-25)18-35-17-16-27-21(2)36-29-9-7-6-8-28(27)29;2-1-3;;;/h6-15,20,30,32-36H,16-19H2,1-5H3,(H,37,41);1H2;3*1H/b15-14+;;;;/t20-,30-,32-,33+,34+;;;;/m1..../s1. The van der Waals surface area contributed by atoms with Crippen LogP contribution in [0, 0.1) is 12.8 Å². The molecule has 3 N–H and O–H groups in total. The van der Waals surface area contributed by atoms with E-state index in [1.54, 1.807) is 13.0 Å². The molecule has 1 aliphatic heterocycles. The van der Waals surface area contributed by atoms with E-state index in [0.29, 0.717) is 6.54 Å². The second-order valence-corrected chi connectivity index (χ2v) is 12.1. The highest BCUT2D eigenvalue weighted by atomic mass is 35.5. The van der Waals surface area contributed by atoms with Crippen LogP contribution in [-0.2, 0) is 55.9 Å². The first-order valence-electron chi connectivity index (χ1n) is 15.7. The minimum Gasteiger partial charge on any atom is -0.463 e. The van der Waals surface area contributed by atoms with Gasteiger partial charge in [-0.25, -0.2) is 10.3 Å². The van der Waals surface area contributed by atoms with Gasteiger partial charge < -0.3 is 29.2 Å². The molecule has 12 nitrogen and oxygen atoms in total. The van der Waals surface area contributed by atoms with Gasteiger partial charge >= 0.3 is 17.9 Å². The van der Waals surface area contributed by atoms with Crippen LogP contribution in [0.1, 0.15) is 54.4 Å². The summed E-state index contributed by atoms with van der Waals surface area (Å²) in [4.78, 5) is 56.5. The average Bonchev–Trinajstić information content (AvgIpc) is 3.37. The summed E-state index contributed by atoms with van der Waals surface area (Å²) >= 11 is 9.53. The molecule has 4 rings (SSSR count). The van der Waals surface area contributed by atoms with Gasteiger partial charge in [-0.05, 0) is 48.7 Å². The number of ether oxygens (including phenoxy) is 4. The number of aromatic amines is 1. The number of rotatable bonds is 13. The molecule has 0 radical (unpaired) electrons. The maximum atomic E-state index is 12.6. The summed E-state index contributed by atoms with van der Waals surface area (Å²) in [6.45, 7) is 8.65. The van der Waals surface area contributed by atoms with Crippen LogP contribution in [0.3, 0.4) is 0 Å². The Hall–Kier alpha value is -3.94. The molecule has 49 heavy (non-hydrogen) atoms. The number of amides is 1. The van der Waals surface area contributed by atoms with Crippen molar-refractivity contribution in [2.75, 3.05) is 18.5 Å². The van der Waals surface area contributed by atoms with Crippen molar-refractivity contribution in [3.8, 4) is 0 Å². The van der Waals surface area contributed by atoms with E-state index in [0.717, 1.165) is 29.6 Å². The number of para-hydroxylation sites is 1. The van der Waals surface area contributed by atoms with Crippen molar-refractivity contribution < 1.29 is 47.2 Å². The molecule has 1 aromatic heterocycles.